The monoisotopic (exact) mass is 262 g/mol. The quantitative estimate of drug-likeness (QED) is 0.816. The zero-order valence-electron chi connectivity index (χ0n) is 12.5. The van der Waals surface area contributed by atoms with E-state index in [1.54, 1.807) is 0 Å². The second-order valence-electron chi connectivity index (χ2n) is 6.23. The highest BCUT2D eigenvalue weighted by Gasteiger charge is 2.31. The molecule has 3 nitrogen and oxygen atoms in total. The van der Waals surface area contributed by atoms with E-state index in [0.29, 0.717) is 6.04 Å². The van der Waals surface area contributed by atoms with E-state index in [1.807, 2.05) is 6.92 Å². The Morgan fingerprint density at radius 2 is 2.05 bits per heavy atom. The van der Waals surface area contributed by atoms with E-state index in [0.717, 1.165) is 17.6 Å². The summed E-state index contributed by atoms with van der Waals surface area (Å²) in [5.41, 5.74) is 1.38. The Kier molecular flexibility index (Phi) is 3.68. The fourth-order valence-corrected chi connectivity index (χ4v) is 3.79. The molecule has 0 bridgehead atoms. The van der Waals surface area contributed by atoms with Gasteiger partial charge >= 0.3 is 0 Å². The van der Waals surface area contributed by atoms with Gasteiger partial charge < -0.3 is 4.42 Å². The van der Waals surface area contributed by atoms with Crippen molar-refractivity contribution in [2.24, 2.45) is 0 Å². The lowest BCUT2D eigenvalue weighted by Crippen LogP contribution is -2.55. The minimum Gasteiger partial charge on any atom is -0.466 e. The van der Waals surface area contributed by atoms with Crippen LogP contribution in [0.3, 0.4) is 0 Å². The van der Waals surface area contributed by atoms with Crippen molar-refractivity contribution in [2.45, 2.75) is 52.1 Å². The fraction of sp³-hybridized carbons (Fsp3) is 0.750. The highest BCUT2D eigenvalue weighted by atomic mass is 16.3. The highest BCUT2D eigenvalue weighted by molar-refractivity contribution is 5.23. The molecule has 0 saturated carbocycles. The number of piperidine rings is 1. The van der Waals surface area contributed by atoms with Crippen molar-refractivity contribution in [3.05, 3.63) is 23.2 Å². The maximum absolute atomic E-state index is 5.70. The van der Waals surface area contributed by atoms with Crippen LogP contribution in [0.1, 0.15) is 49.3 Å². The standard InChI is InChI=1S/C16H26N2O/c1-12-10-16(14(3)19-12)13(2)18-9-8-17-7-5-4-6-15(17)11-18/h10,13,15H,4-9,11H2,1-3H3. The summed E-state index contributed by atoms with van der Waals surface area (Å²) in [7, 11) is 0. The number of hydrogen-bond acceptors (Lipinski definition) is 3. The van der Waals surface area contributed by atoms with Crippen LogP contribution in [0, 0.1) is 13.8 Å². The van der Waals surface area contributed by atoms with E-state index in [-0.39, 0.29) is 0 Å². The molecule has 2 atom stereocenters. The van der Waals surface area contributed by atoms with Crippen LogP contribution in [0.15, 0.2) is 10.5 Å². The molecule has 3 heterocycles. The Bertz CT molecular complexity index is 440. The zero-order chi connectivity index (χ0) is 13.4. The van der Waals surface area contributed by atoms with Crippen molar-refractivity contribution in [1.82, 2.24) is 9.80 Å². The van der Waals surface area contributed by atoms with Crippen LogP contribution in [0.2, 0.25) is 0 Å². The van der Waals surface area contributed by atoms with Crippen LogP contribution in [0.25, 0.3) is 0 Å². The van der Waals surface area contributed by atoms with Crippen LogP contribution < -0.4 is 0 Å². The lowest BCUT2D eigenvalue weighted by Gasteiger charge is -2.46. The van der Waals surface area contributed by atoms with E-state index in [4.69, 9.17) is 4.42 Å². The van der Waals surface area contributed by atoms with Gasteiger partial charge in [-0.05, 0) is 46.2 Å². The van der Waals surface area contributed by atoms with E-state index >= 15 is 0 Å². The van der Waals surface area contributed by atoms with Gasteiger partial charge in [0.1, 0.15) is 11.5 Å². The SMILES string of the molecule is Cc1cc(C(C)N2CCN3CCCCC3C2)c(C)o1. The van der Waals surface area contributed by atoms with Gasteiger partial charge in [-0.3, -0.25) is 9.80 Å². The third kappa shape index (κ3) is 2.59. The van der Waals surface area contributed by atoms with Crippen LogP contribution in [0.5, 0.6) is 0 Å². The summed E-state index contributed by atoms with van der Waals surface area (Å²) in [5, 5.41) is 0. The number of fused-ring (bicyclic) bond motifs is 1. The van der Waals surface area contributed by atoms with Gasteiger partial charge in [-0.2, -0.15) is 0 Å². The molecular weight excluding hydrogens is 236 g/mol. The van der Waals surface area contributed by atoms with Crippen LogP contribution in [0.4, 0.5) is 0 Å². The number of piperazine rings is 1. The van der Waals surface area contributed by atoms with Crippen molar-refractivity contribution >= 4 is 0 Å². The van der Waals surface area contributed by atoms with E-state index in [2.05, 4.69) is 29.7 Å². The number of rotatable bonds is 2. The predicted molar refractivity (Wildman–Crippen MR) is 77.4 cm³/mol. The summed E-state index contributed by atoms with van der Waals surface area (Å²) >= 11 is 0. The number of aryl methyl sites for hydroxylation is 2. The average Bonchev–Trinajstić information content (AvgIpc) is 2.76. The molecule has 2 aliphatic heterocycles. The maximum Gasteiger partial charge on any atom is 0.105 e. The first-order valence-electron chi connectivity index (χ1n) is 7.70. The van der Waals surface area contributed by atoms with Crippen molar-refractivity contribution in [3.8, 4) is 0 Å². The average molecular weight is 262 g/mol. The Labute approximate surface area is 116 Å². The van der Waals surface area contributed by atoms with E-state index < -0.39 is 0 Å². The number of hydrogen-bond donors (Lipinski definition) is 0. The minimum absolute atomic E-state index is 0.488. The lowest BCUT2D eigenvalue weighted by molar-refractivity contribution is 0.0304. The van der Waals surface area contributed by atoms with Gasteiger partial charge in [-0.25, -0.2) is 0 Å². The Hall–Kier alpha value is -0.800. The van der Waals surface area contributed by atoms with Gasteiger partial charge in [-0.15, -0.1) is 0 Å². The Morgan fingerprint density at radius 1 is 1.21 bits per heavy atom. The Morgan fingerprint density at radius 3 is 2.79 bits per heavy atom. The smallest absolute Gasteiger partial charge is 0.105 e. The normalized spacial score (nSPS) is 27.2. The first kappa shape index (κ1) is 13.2. The molecule has 0 N–H and O–H groups in total. The summed E-state index contributed by atoms with van der Waals surface area (Å²) < 4.78 is 5.70. The summed E-state index contributed by atoms with van der Waals surface area (Å²) in [6.07, 6.45) is 4.19. The molecule has 2 saturated heterocycles. The molecule has 3 heteroatoms. The molecule has 0 amide bonds. The molecule has 2 aliphatic rings. The van der Waals surface area contributed by atoms with Gasteiger partial charge in [0.05, 0.1) is 0 Å². The first-order valence-corrected chi connectivity index (χ1v) is 7.70. The molecule has 0 spiro atoms. The zero-order valence-corrected chi connectivity index (χ0v) is 12.5. The molecule has 0 aliphatic carbocycles. The second kappa shape index (κ2) is 5.29. The Balaban J connectivity index is 1.70. The molecule has 1 aromatic heterocycles. The van der Waals surface area contributed by atoms with Crippen LogP contribution in [-0.4, -0.2) is 42.0 Å². The molecule has 0 radical (unpaired) electrons. The van der Waals surface area contributed by atoms with Gasteiger partial charge in [0, 0.05) is 37.3 Å². The number of nitrogens with zero attached hydrogens (tertiary/aromatic N) is 2. The largest absolute Gasteiger partial charge is 0.466 e. The molecule has 3 rings (SSSR count). The van der Waals surface area contributed by atoms with Crippen LogP contribution in [-0.2, 0) is 0 Å². The summed E-state index contributed by atoms with van der Waals surface area (Å²) in [5.74, 6) is 2.13. The van der Waals surface area contributed by atoms with E-state index in [1.165, 1.54) is 51.0 Å². The molecule has 0 aromatic carbocycles. The van der Waals surface area contributed by atoms with Gasteiger partial charge in [0.25, 0.3) is 0 Å². The maximum atomic E-state index is 5.70. The number of furan rings is 1. The summed E-state index contributed by atoms with van der Waals surface area (Å²) in [6.45, 7) is 11.4. The van der Waals surface area contributed by atoms with Gasteiger partial charge in [0.2, 0.25) is 0 Å². The molecule has 106 valence electrons. The van der Waals surface area contributed by atoms with Crippen molar-refractivity contribution in [1.29, 1.82) is 0 Å². The summed E-state index contributed by atoms with van der Waals surface area (Å²) in [6, 6.07) is 3.49. The lowest BCUT2D eigenvalue weighted by atomic mass is 9.97. The van der Waals surface area contributed by atoms with Crippen molar-refractivity contribution in [2.75, 3.05) is 26.2 Å². The summed E-state index contributed by atoms with van der Waals surface area (Å²) in [4.78, 5) is 5.34. The van der Waals surface area contributed by atoms with Gasteiger partial charge in [0.15, 0.2) is 0 Å². The second-order valence-corrected chi connectivity index (χ2v) is 6.23. The van der Waals surface area contributed by atoms with Gasteiger partial charge in [-0.1, -0.05) is 6.42 Å². The van der Waals surface area contributed by atoms with E-state index in [9.17, 15) is 0 Å². The topological polar surface area (TPSA) is 19.6 Å². The molecule has 19 heavy (non-hydrogen) atoms. The molecule has 1 aromatic rings. The fourth-order valence-electron chi connectivity index (χ4n) is 3.79. The predicted octanol–water partition coefficient (Wildman–Crippen LogP) is 3.13. The third-order valence-corrected chi connectivity index (χ3v) is 4.95. The van der Waals surface area contributed by atoms with Crippen LogP contribution >= 0.6 is 0 Å². The van der Waals surface area contributed by atoms with Crippen molar-refractivity contribution < 1.29 is 4.42 Å². The third-order valence-electron chi connectivity index (χ3n) is 4.95. The highest BCUT2D eigenvalue weighted by Crippen LogP contribution is 2.30. The molecule has 2 fully saturated rings. The molecular formula is C16H26N2O. The molecule has 2 unspecified atom stereocenters. The first-order chi connectivity index (χ1) is 9.15. The minimum atomic E-state index is 0.488. The van der Waals surface area contributed by atoms with Crippen molar-refractivity contribution in [3.63, 3.8) is 0 Å².